The summed E-state index contributed by atoms with van der Waals surface area (Å²) in [6, 6.07) is 10.2. The van der Waals surface area contributed by atoms with Crippen LogP contribution in [0.4, 0.5) is 10.2 Å². The van der Waals surface area contributed by atoms with Crippen molar-refractivity contribution in [2.45, 2.75) is 39.3 Å². The number of nitrogens with one attached hydrogen (secondary N) is 2. The Morgan fingerprint density at radius 1 is 1.20 bits per heavy atom. The van der Waals surface area contributed by atoms with Gasteiger partial charge in [0.15, 0.2) is 5.96 Å². The monoisotopic (exact) mass is 527 g/mol. The van der Waals surface area contributed by atoms with Gasteiger partial charge in [-0.3, -0.25) is 0 Å². The predicted molar refractivity (Wildman–Crippen MR) is 130 cm³/mol. The smallest absolute Gasteiger partial charge is 0.191 e. The van der Waals surface area contributed by atoms with Gasteiger partial charge in [-0.25, -0.2) is 14.4 Å². The molecule has 1 aliphatic heterocycles. The summed E-state index contributed by atoms with van der Waals surface area (Å²) in [7, 11) is 0. The third-order valence-electron chi connectivity index (χ3n) is 4.71. The van der Waals surface area contributed by atoms with E-state index in [2.05, 4.69) is 31.6 Å². The van der Waals surface area contributed by atoms with Gasteiger partial charge in [0.25, 0.3) is 0 Å². The summed E-state index contributed by atoms with van der Waals surface area (Å²) in [6.45, 7) is 8.09. The molecule has 1 fully saturated rings. The number of benzene rings is 1. The largest absolute Gasteiger partial charge is 0.489 e. The molecule has 0 amide bonds. The number of aliphatic imine (C=N–C) groups is 1. The van der Waals surface area contributed by atoms with E-state index in [1.54, 1.807) is 12.1 Å². The quantitative estimate of drug-likeness (QED) is 0.309. The molecule has 2 aromatic rings. The summed E-state index contributed by atoms with van der Waals surface area (Å²) in [6.07, 6.45) is 4.23. The molecule has 8 heteroatoms. The van der Waals surface area contributed by atoms with Gasteiger partial charge in [-0.1, -0.05) is 0 Å². The maximum atomic E-state index is 13.0. The van der Waals surface area contributed by atoms with E-state index >= 15 is 0 Å². The van der Waals surface area contributed by atoms with Crippen molar-refractivity contribution in [1.29, 1.82) is 0 Å². The molecule has 1 saturated heterocycles. The number of aromatic nitrogens is 1. The van der Waals surface area contributed by atoms with Gasteiger partial charge in [-0.15, -0.1) is 24.0 Å². The van der Waals surface area contributed by atoms with Crippen LogP contribution >= 0.6 is 24.0 Å². The minimum atomic E-state index is -0.270. The zero-order valence-electron chi connectivity index (χ0n) is 17.6. The molecule has 0 aliphatic carbocycles. The van der Waals surface area contributed by atoms with E-state index in [4.69, 9.17) is 4.74 Å². The molecule has 0 bridgehead atoms. The van der Waals surface area contributed by atoms with Gasteiger partial charge >= 0.3 is 0 Å². The molecule has 1 aliphatic rings. The number of pyridine rings is 1. The zero-order valence-corrected chi connectivity index (χ0v) is 19.9. The summed E-state index contributed by atoms with van der Waals surface area (Å²) in [5.74, 6) is 2.15. The Labute approximate surface area is 195 Å². The Kier molecular flexibility index (Phi) is 10.1. The molecular weight excluding hydrogens is 496 g/mol. The van der Waals surface area contributed by atoms with Gasteiger partial charge in [0.2, 0.25) is 0 Å². The molecule has 164 valence electrons. The van der Waals surface area contributed by atoms with Gasteiger partial charge in [-0.2, -0.15) is 0 Å². The number of rotatable bonds is 8. The van der Waals surface area contributed by atoms with Crippen LogP contribution in [0.25, 0.3) is 0 Å². The summed E-state index contributed by atoms with van der Waals surface area (Å²) in [4.78, 5) is 11.5. The van der Waals surface area contributed by atoms with Crippen LogP contribution in [-0.2, 0) is 6.54 Å². The summed E-state index contributed by atoms with van der Waals surface area (Å²) < 4.78 is 18.8. The van der Waals surface area contributed by atoms with Crippen LogP contribution in [0.1, 0.15) is 32.3 Å². The van der Waals surface area contributed by atoms with Crippen molar-refractivity contribution in [2.24, 2.45) is 4.99 Å². The third kappa shape index (κ3) is 7.62. The lowest BCUT2D eigenvalue weighted by molar-refractivity contribution is 0.223. The second-order valence-electron chi connectivity index (χ2n) is 7.17. The number of anilines is 1. The number of guanidine groups is 1. The van der Waals surface area contributed by atoms with E-state index in [0.29, 0.717) is 18.8 Å². The third-order valence-corrected chi connectivity index (χ3v) is 4.71. The van der Waals surface area contributed by atoms with E-state index in [0.717, 1.165) is 37.0 Å². The van der Waals surface area contributed by atoms with Gasteiger partial charge in [0, 0.05) is 25.8 Å². The molecule has 0 spiro atoms. The van der Waals surface area contributed by atoms with Crippen LogP contribution < -0.4 is 20.3 Å². The van der Waals surface area contributed by atoms with Crippen LogP contribution in [0.2, 0.25) is 0 Å². The second-order valence-corrected chi connectivity index (χ2v) is 7.17. The molecule has 1 atom stereocenters. The number of hydrogen-bond donors (Lipinski definition) is 2. The average Bonchev–Trinajstić information content (AvgIpc) is 3.27. The molecule has 2 N–H and O–H groups in total. The highest BCUT2D eigenvalue weighted by Gasteiger charge is 2.13. The van der Waals surface area contributed by atoms with E-state index in [1.165, 1.54) is 25.0 Å². The van der Waals surface area contributed by atoms with E-state index in [-0.39, 0.29) is 35.9 Å². The first kappa shape index (κ1) is 24.2. The molecule has 1 aromatic carbocycles. The van der Waals surface area contributed by atoms with Crippen molar-refractivity contribution in [3.05, 3.63) is 54.0 Å². The minimum absolute atomic E-state index is 0. The SMILES string of the molecule is CCNC(=NCc1ccnc(N2CCCC2)c1)NCC(C)Oc1ccc(F)cc1.I. The standard InChI is InChI=1S/C22H30FN5O.HI/c1-3-24-22(26-15-17(2)29-20-8-6-19(23)7-9-20)27-16-18-10-11-25-21(14-18)28-12-4-5-13-28;/h6-11,14,17H,3-5,12-13,15-16H2,1-2H3,(H2,24,26,27);1H. The van der Waals surface area contributed by atoms with Crippen molar-refractivity contribution in [3.8, 4) is 5.75 Å². The average molecular weight is 527 g/mol. The molecule has 6 nitrogen and oxygen atoms in total. The topological polar surface area (TPSA) is 61.8 Å². The fraction of sp³-hybridized carbons (Fsp3) is 0.455. The van der Waals surface area contributed by atoms with Crippen LogP contribution in [0.15, 0.2) is 47.6 Å². The lowest BCUT2D eigenvalue weighted by Crippen LogP contribution is -2.41. The molecule has 1 unspecified atom stereocenters. The Balaban J connectivity index is 0.00000320. The lowest BCUT2D eigenvalue weighted by Gasteiger charge is -2.18. The highest BCUT2D eigenvalue weighted by molar-refractivity contribution is 14.0. The Hall–Kier alpha value is -2.10. The first-order chi connectivity index (χ1) is 14.1. The maximum absolute atomic E-state index is 13.0. The Morgan fingerprint density at radius 3 is 2.63 bits per heavy atom. The van der Waals surface area contributed by atoms with Gasteiger partial charge in [-0.05, 0) is 68.7 Å². The fourth-order valence-electron chi connectivity index (χ4n) is 3.22. The molecule has 2 heterocycles. The van der Waals surface area contributed by atoms with Crippen molar-refractivity contribution in [3.63, 3.8) is 0 Å². The zero-order chi connectivity index (χ0) is 20.5. The number of ether oxygens (including phenoxy) is 1. The van der Waals surface area contributed by atoms with Crippen molar-refractivity contribution >= 4 is 35.8 Å². The molecule has 0 saturated carbocycles. The fourth-order valence-corrected chi connectivity index (χ4v) is 3.22. The van der Waals surface area contributed by atoms with Gasteiger partial charge < -0.3 is 20.3 Å². The summed E-state index contributed by atoms with van der Waals surface area (Å²) in [5.41, 5.74) is 1.13. The van der Waals surface area contributed by atoms with Crippen LogP contribution in [-0.4, -0.2) is 43.2 Å². The second kappa shape index (κ2) is 12.6. The molecule has 30 heavy (non-hydrogen) atoms. The first-order valence-electron chi connectivity index (χ1n) is 10.3. The summed E-state index contributed by atoms with van der Waals surface area (Å²) in [5, 5.41) is 6.56. The van der Waals surface area contributed by atoms with E-state index < -0.39 is 0 Å². The van der Waals surface area contributed by atoms with Crippen molar-refractivity contribution < 1.29 is 9.13 Å². The first-order valence-corrected chi connectivity index (χ1v) is 10.3. The summed E-state index contributed by atoms with van der Waals surface area (Å²) >= 11 is 0. The number of nitrogens with zero attached hydrogens (tertiary/aromatic N) is 3. The molecule has 1 aromatic heterocycles. The van der Waals surface area contributed by atoms with Crippen LogP contribution in [0.5, 0.6) is 5.75 Å². The van der Waals surface area contributed by atoms with Crippen LogP contribution in [0, 0.1) is 5.82 Å². The highest BCUT2D eigenvalue weighted by atomic mass is 127. The van der Waals surface area contributed by atoms with Gasteiger partial charge in [0.1, 0.15) is 23.5 Å². The highest BCUT2D eigenvalue weighted by Crippen LogP contribution is 2.18. The van der Waals surface area contributed by atoms with E-state index in [1.807, 2.05) is 26.1 Å². The number of hydrogen-bond acceptors (Lipinski definition) is 4. The maximum Gasteiger partial charge on any atom is 0.191 e. The molecule has 0 radical (unpaired) electrons. The Morgan fingerprint density at radius 2 is 1.93 bits per heavy atom. The molecular formula is C22H31FIN5O. The number of halogens is 2. The van der Waals surface area contributed by atoms with Crippen molar-refractivity contribution in [1.82, 2.24) is 15.6 Å². The molecule has 3 rings (SSSR count). The predicted octanol–water partition coefficient (Wildman–Crippen LogP) is 3.96. The van der Waals surface area contributed by atoms with Gasteiger partial charge in [0.05, 0.1) is 13.1 Å². The van der Waals surface area contributed by atoms with E-state index in [9.17, 15) is 4.39 Å². The van der Waals surface area contributed by atoms with Crippen molar-refractivity contribution in [2.75, 3.05) is 31.1 Å². The minimum Gasteiger partial charge on any atom is -0.489 e. The normalized spacial score (nSPS) is 14.8. The lowest BCUT2D eigenvalue weighted by atomic mass is 10.2. The van der Waals surface area contributed by atoms with Crippen LogP contribution in [0.3, 0.4) is 0 Å². The Bertz CT molecular complexity index is 796.